The minimum Gasteiger partial charge on any atom is -0.481 e. The van der Waals surface area contributed by atoms with Gasteiger partial charge in [-0.2, -0.15) is 0 Å². The van der Waals surface area contributed by atoms with Crippen LogP contribution in [-0.4, -0.2) is 76.6 Å². The van der Waals surface area contributed by atoms with Crippen LogP contribution in [0.3, 0.4) is 0 Å². The van der Waals surface area contributed by atoms with Gasteiger partial charge in [0.25, 0.3) is 15.9 Å². The van der Waals surface area contributed by atoms with Gasteiger partial charge in [0.15, 0.2) is 6.10 Å². The highest BCUT2D eigenvalue weighted by molar-refractivity contribution is 5.70. The summed E-state index contributed by atoms with van der Waals surface area (Å²) in [7, 11) is 0. The van der Waals surface area contributed by atoms with Crippen LogP contribution in [0.15, 0.2) is 24.3 Å². The Balaban J connectivity index is 1.56. The highest BCUT2D eigenvalue weighted by Crippen LogP contribution is 2.38. The van der Waals surface area contributed by atoms with E-state index in [2.05, 4.69) is 9.68 Å². The van der Waals surface area contributed by atoms with Gasteiger partial charge in [-0.15, -0.1) is 20.2 Å². The molecule has 0 saturated carbocycles. The number of rotatable bonds is 13. The number of non-ortho nitro benzene ring substituents is 1. The Kier molecular flexibility index (Phi) is 8.90. The lowest BCUT2D eigenvalue weighted by atomic mass is 9.84. The summed E-state index contributed by atoms with van der Waals surface area (Å²) in [6.07, 6.45) is -5.48. The van der Waals surface area contributed by atoms with Gasteiger partial charge in [-0.25, -0.2) is 4.79 Å². The summed E-state index contributed by atoms with van der Waals surface area (Å²) in [5, 5.41) is 39.1. The van der Waals surface area contributed by atoms with E-state index in [0.717, 1.165) is 12.1 Å². The van der Waals surface area contributed by atoms with E-state index in [4.69, 9.17) is 18.9 Å². The van der Waals surface area contributed by atoms with E-state index in [9.17, 15) is 45.0 Å². The van der Waals surface area contributed by atoms with Crippen LogP contribution in [0.2, 0.25) is 0 Å². The maximum Gasteiger partial charge on any atom is 0.514 e. The molecule has 202 valence electrons. The fourth-order valence-electron chi connectivity index (χ4n) is 4.14. The summed E-state index contributed by atoms with van der Waals surface area (Å²) in [6, 6.07) is 4.69. The Hall–Kier alpha value is -4.32. The molecule has 0 aromatic heterocycles. The summed E-state index contributed by atoms with van der Waals surface area (Å²) < 4.78 is 21.5. The minimum atomic E-state index is -1.38. The quantitative estimate of drug-likeness (QED) is 0.162. The zero-order valence-corrected chi connectivity index (χ0v) is 18.8. The molecule has 2 saturated heterocycles. The first kappa shape index (κ1) is 27.3. The van der Waals surface area contributed by atoms with E-state index in [1.807, 2.05) is 0 Å². The van der Waals surface area contributed by atoms with Crippen molar-refractivity contribution in [2.75, 3.05) is 19.8 Å². The van der Waals surface area contributed by atoms with Crippen LogP contribution >= 0.6 is 0 Å². The molecule has 0 spiro atoms. The summed E-state index contributed by atoms with van der Waals surface area (Å²) >= 11 is 0. The number of hydrogen-bond donors (Lipinski definition) is 1. The Bertz CT molecular complexity index is 1020. The molecular formula is C19H21N3O15. The van der Waals surface area contributed by atoms with Crippen molar-refractivity contribution in [1.82, 2.24) is 0 Å². The second-order valence-electron chi connectivity index (χ2n) is 8.01. The van der Waals surface area contributed by atoms with Gasteiger partial charge in [0.1, 0.15) is 24.6 Å². The highest BCUT2D eigenvalue weighted by atomic mass is 17.0. The second-order valence-corrected chi connectivity index (χ2v) is 8.01. The van der Waals surface area contributed by atoms with Crippen LogP contribution in [-0.2, 0) is 28.7 Å². The molecule has 2 aliphatic heterocycles. The Morgan fingerprint density at radius 2 is 1.68 bits per heavy atom. The molecule has 3 rings (SSSR count). The van der Waals surface area contributed by atoms with Gasteiger partial charge in [0.2, 0.25) is 0 Å². The summed E-state index contributed by atoms with van der Waals surface area (Å²) in [5.74, 6) is -3.12. The molecule has 1 N–H and O–H groups in total. The zero-order valence-electron chi connectivity index (χ0n) is 18.8. The lowest BCUT2D eigenvalue weighted by molar-refractivity contribution is -0.790. The van der Waals surface area contributed by atoms with Crippen molar-refractivity contribution in [2.45, 2.75) is 37.3 Å². The third-order valence-electron chi connectivity index (χ3n) is 5.78. The lowest BCUT2D eigenvalue weighted by Crippen LogP contribution is -2.37. The smallest absolute Gasteiger partial charge is 0.481 e. The molecular weight excluding hydrogens is 510 g/mol. The van der Waals surface area contributed by atoms with Crippen LogP contribution in [0, 0.1) is 42.2 Å². The normalized spacial score (nSPS) is 23.8. The topological polar surface area (TPSA) is 239 Å². The maximum atomic E-state index is 12.2. The van der Waals surface area contributed by atoms with Gasteiger partial charge < -0.3 is 33.7 Å². The molecule has 1 aromatic rings. The standard InChI is InChI=1S/C19H21N3O15/c23-18(24)13(6-5-12(37-22(30)31)7-34-21(28)29)14-8-32-17-15(9-33-16(14)17)36-19(25)35-11-3-1-10(2-4-11)20(26)27/h1-4,12-17H,5-9H2,(H,23,24)/t12-,13?,14-,15+,16+,17-/m0/s1. The second kappa shape index (κ2) is 12.1. The van der Waals surface area contributed by atoms with Crippen molar-refractivity contribution in [3.63, 3.8) is 0 Å². The number of hydrogen-bond acceptors (Lipinski definition) is 14. The van der Waals surface area contributed by atoms with Gasteiger partial charge in [-0.3, -0.25) is 14.9 Å². The largest absolute Gasteiger partial charge is 0.514 e. The van der Waals surface area contributed by atoms with Crippen molar-refractivity contribution in [1.29, 1.82) is 0 Å². The van der Waals surface area contributed by atoms with E-state index in [1.165, 1.54) is 12.1 Å². The summed E-state index contributed by atoms with van der Waals surface area (Å²) in [5.41, 5.74) is -0.201. The fourth-order valence-corrected chi connectivity index (χ4v) is 4.14. The average molecular weight is 531 g/mol. The van der Waals surface area contributed by atoms with Crippen LogP contribution in [0.4, 0.5) is 10.5 Å². The van der Waals surface area contributed by atoms with Gasteiger partial charge in [-0.1, -0.05) is 0 Å². The average Bonchev–Trinajstić information content (AvgIpc) is 3.40. The number of aliphatic carboxylic acids is 1. The SMILES string of the molecule is O=C(Oc1ccc([N+](=O)[O-])cc1)O[C@@H]1CO[C@H]2[C@H]1OC[C@H]2C(CC[C@@H](CO[N+](=O)[O-])O[N+](=O)[O-])C(=O)O. The number of benzene rings is 1. The number of nitro benzene ring substituents is 1. The first-order chi connectivity index (χ1) is 17.5. The molecule has 6 atom stereocenters. The molecule has 2 fully saturated rings. The number of carboxylic acids is 1. The predicted molar refractivity (Wildman–Crippen MR) is 112 cm³/mol. The van der Waals surface area contributed by atoms with Crippen LogP contribution < -0.4 is 4.74 Å². The minimum absolute atomic E-state index is 0.00483. The molecule has 0 radical (unpaired) electrons. The Morgan fingerprint density at radius 1 is 1.00 bits per heavy atom. The van der Waals surface area contributed by atoms with Gasteiger partial charge in [-0.05, 0) is 25.0 Å². The van der Waals surface area contributed by atoms with Crippen molar-refractivity contribution in [3.05, 3.63) is 54.6 Å². The number of ether oxygens (including phenoxy) is 4. The number of carboxylic acid groups (broad SMARTS) is 1. The van der Waals surface area contributed by atoms with Gasteiger partial charge >= 0.3 is 12.1 Å². The Morgan fingerprint density at radius 3 is 2.27 bits per heavy atom. The van der Waals surface area contributed by atoms with E-state index in [0.29, 0.717) is 0 Å². The van der Waals surface area contributed by atoms with Crippen LogP contribution in [0.5, 0.6) is 5.75 Å². The number of nitrogens with zero attached hydrogens (tertiary/aromatic N) is 3. The fraction of sp³-hybridized carbons (Fsp3) is 0.579. The van der Waals surface area contributed by atoms with Crippen molar-refractivity contribution in [2.24, 2.45) is 11.8 Å². The van der Waals surface area contributed by atoms with Crippen molar-refractivity contribution >= 4 is 17.8 Å². The van der Waals surface area contributed by atoms with E-state index in [-0.39, 0.29) is 37.5 Å². The van der Waals surface area contributed by atoms with E-state index >= 15 is 0 Å². The molecule has 2 heterocycles. The third kappa shape index (κ3) is 7.34. The predicted octanol–water partition coefficient (Wildman–Crippen LogP) is 1.16. The van der Waals surface area contributed by atoms with E-state index in [1.54, 1.807) is 0 Å². The number of carbonyl (C=O) groups excluding carboxylic acids is 1. The van der Waals surface area contributed by atoms with Crippen molar-refractivity contribution in [3.8, 4) is 5.75 Å². The molecule has 1 unspecified atom stereocenters. The molecule has 2 aliphatic rings. The van der Waals surface area contributed by atoms with Crippen LogP contribution in [0.25, 0.3) is 0 Å². The third-order valence-corrected chi connectivity index (χ3v) is 5.78. The first-order valence-corrected chi connectivity index (χ1v) is 10.7. The summed E-state index contributed by atoms with van der Waals surface area (Å²) in [6.45, 7) is -0.982. The van der Waals surface area contributed by atoms with Crippen molar-refractivity contribution < 1.29 is 58.4 Å². The molecule has 0 bridgehead atoms. The molecule has 0 aliphatic carbocycles. The number of carbonyl (C=O) groups is 2. The van der Waals surface area contributed by atoms with Gasteiger partial charge in [0.05, 0.1) is 30.2 Å². The number of nitro groups is 1. The molecule has 18 heteroatoms. The Labute approximate surface area is 206 Å². The van der Waals surface area contributed by atoms with E-state index < -0.39 is 70.1 Å². The van der Waals surface area contributed by atoms with Gasteiger partial charge in [0, 0.05) is 18.1 Å². The molecule has 37 heavy (non-hydrogen) atoms. The highest BCUT2D eigenvalue weighted by Gasteiger charge is 2.53. The molecule has 1 aromatic carbocycles. The molecule has 18 nitrogen and oxygen atoms in total. The lowest BCUT2D eigenvalue weighted by Gasteiger charge is -2.24. The maximum absolute atomic E-state index is 12.2. The summed E-state index contributed by atoms with van der Waals surface area (Å²) in [4.78, 5) is 63.6. The zero-order chi connectivity index (χ0) is 27.1. The first-order valence-electron chi connectivity index (χ1n) is 10.7. The van der Waals surface area contributed by atoms with Crippen LogP contribution in [0.1, 0.15) is 12.8 Å². The molecule has 0 amide bonds. The monoisotopic (exact) mass is 531 g/mol. The number of fused-ring (bicyclic) bond motifs is 1.